The van der Waals surface area contributed by atoms with Gasteiger partial charge in [0.1, 0.15) is 0 Å². The molecule has 0 bridgehead atoms. The van der Waals surface area contributed by atoms with Crippen LogP contribution in [0.25, 0.3) is 4.96 Å². The Hall–Kier alpha value is -1.20. The van der Waals surface area contributed by atoms with E-state index in [9.17, 15) is 13.5 Å². The highest BCUT2D eigenvalue weighted by Gasteiger charge is 2.37. The van der Waals surface area contributed by atoms with Gasteiger partial charge in [0.2, 0.25) is 0 Å². The number of morpholine rings is 1. The quantitative estimate of drug-likeness (QED) is 0.806. The molecule has 116 valence electrons. The Labute approximate surface area is 126 Å². The number of imidazole rings is 1. The minimum absolute atomic E-state index is 0.0987. The number of aromatic nitrogens is 2. The first kappa shape index (κ1) is 14.7. The number of anilines is 1. The number of fused-ring (bicyclic) bond motifs is 1. The molecular weight excluding hydrogens is 316 g/mol. The number of ether oxygens (including phenoxy) is 1. The fourth-order valence-corrected chi connectivity index (χ4v) is 5.00. The Balaban J connectivity index is 2.12. The molecule has 1 saturated heterocycles. The van der Waals surface area contributed by atoms with E-state index >= 15 is 0 Å². The van der Waals surface area contributed by atoms with Gasteiger partial charge in [0.05, 0.1) is 25.9 Å². The number of nitrogens with one attached hydrogen (secondary N) is 1. The summed E-state index contributed by atoms with van der Waals surface area (Å²) < 4.78 is 34.0. The minimum Gasteiger partial charge on any atom is -0.395 e. The molecule has 1 unspecified atom stereocenters. The third kappa shape index (κ3) is 2.32. The van der Waals surface area contributed by atoms with Crippen LogP contribution in [0.4, 0.5) is 5.82 Å². The molecule has 2 aromatic rings. The van der Waals surface area contributed by atoms with Gasteiger partial charge in [-0.2, -0.15) is 4.31 Å². The number of sulfonamides is 1. The largest absolute Gasteiger partial charge is 0.395 e. The lowest BCUT2D eigenvalue weighted by molar-refractivity contribution is 0.0108. The summed E-state index contributed by atoms with van der Waals surface area (Å²) in [7, 11) is -2.15. The van der Waals surface area contributed by atoms with E-state index in [2.05, 4.69) is 10.3 Å². The summed E-state index contributed by atoms with van der Waals surface area (Å²) in [5, 5.41) is 14.1. The van der Waals surface area contributed by atoms with Crippen LogP contribution in [0.2, 0.25) is 0 Å². The summed E-state index contributed by atoms with van der Waals surface area (Å²) in [6.45, 7) is 0.445. The summed E-state index contributed by atoms with van der Waals surface area (Å²) in [6, 6.07) is -0.572. The summed E-state index contributed by atoms with van der Waals surface area (Å²) in [5.41, 5.74) is 0. The molecule has 0 spiro atoms. The molecule has 0 saturated carbocycles. The predicted molar refractivity (Wildman–Crippen MR) is 78.2 cm³/mol. The molecule has 3 heterocycles. The van der Waals surface area contributed by atoms with Crippen molar-refractivity contribution in [3.8, 4) is 0 Å². The van der Waals surface area contributed by atoms with Crippen LogP contribution < -0.4 is 5.32 Å². The van der Waals surface area contributed by atoms with Gasteiger partial charge < -0.3 is 15.2 Å². The molecule has 0 aliphatic carbocycles. The zero-order valence-corrected chi connectivity index (χ0v) is 13.0. The van der Waals surface area contributed by atoms with Crippen molar-refractivity contribution in [3.63, 3.8) is 0 Å². The number of hydrogen-bond acceptors (Lipinski definition) is 7. The van der Waals surface area contributed by atoms with Crippen molar-refractivity contribution in [1.29, 1.82) is 0 Å². The smallest absolute Gasteiger partial charge is 0.263 e. The van der Waals surface area contributed by atoms with Gasteiger partial charge in [-0.15, -0.1) is 11.3 Å². The molecule has 0 amide bonds. The Morgan fingerprint density at radius 3 is 3.14 bits per heavy atom. The predicted octanol–water partition coefficient (Wildman–Crippen LogP) is -0.181. The SMILES string of the molecule is CNc1nc2sccn2c1S(=O)(=O)N1CCOCC1CO. The Bertz CT molecular complexity index is 739. The second-order valence-corrected chi connectivity index (χ2v) is 7.28. The normalized spacial score (nSPS) is 21.0. The summed E-state index contributed by atoms with van der Waals surface area (Å²) in [4.78, 5) is 4.88. The van der Waals surface area contributed by atoms with Crippen LogP contribution in [-0.2, 0) is 14.8 Å². The monoisotopic (exact) mass is 332 g/mol. The molecule has 1 aliphatic heterocycles. The molecule has 21 heavy (non-hydrogen) atoms. The second-order valence-electron chi connectivity index (χ2n) is 4.60. The van der Waals surface area contributed by atoms with Crippen molar-refractivity contribution in [2.45, 2.75) is 11.1 Å². The summed E-state index contributed by atoms with van der Waals surface area (Å²) >= 11 is 1.36. The molecule has 1 aliphatic rings. The van der Waals surface area contributed by atoms with Crippen molar-refractivity contribution in [3.05, 3.63) is 11.6 Å². The average molecular weight is 332 g/mol. The summed E-state index contributed by atoms with van der Waals surface area (Å²) in [5.74, 6) is 0.310. The molecule has 2 aromatic heterocycles. The van der Waals surface area contributed by atoms with Crippen molar-refractivity contribution in [1.82, 2.24) is 13.7 Å². The van der Waals surface area contributed by atoms with Crippen LogP contribution in [0, 0.1) is 0 Å². The molecule has 1 atom stereocenters. The number of nitrogens with zero attached hydrogens (tertiary/aromatic N) is 3. The van der Waals surface area contributed by atoms with Gasteiger partial charge in [-0.3, -0.25) is 4.40 Å². The van der Waals surface area contributed by atoms with Crippen LogP contribution in [-0.4, -0.2) is 66.7 Å². The van der Waals surface area contributed by atoms with E-state index in [0.29, 0.717) is 17.4 Å². The van der Waals surface area contributed by atoms with Crippen molar-refractivity contribution < 1.29 is 18.3 Å². The highest BCUT2D eigenvalue weighted by molar-refractivity contribution is 7.89. The van der Waals surface area contributed by atoms with Gasteiger partial charge in [-0.1, -0.05) is 0 Å². The highest BCUT2D eigenvalue weighted by atomic mass is 32.2. The number of thiazole rings is 1. The first-order chi connectivity index (χ1) is 10.1. The van der Waals surface area contributed by atoms with Gasteiger partial charge >= 0.3 is 0 Å². The van der Waals surface area contributed by atoms with Gasteiger partial charge in [-0.05, 0) is 0 Å². The van der Waals surface area contributed by atoms with Crippen LogP contribution >= 0.6 is 11.3 Å². The maximum absolute atomic E-state index is 13.0. The second kappa shape index (κ2) is 5.54. The van der Waals surface area contributed by atoms with E-state index in [1.54, 1.807) is 23.0 Å². The van der Waals surface area contributed by atoms with Gasteiger partial charge in [0.15, 0.2) is 15.8 Å². The summed E-state index contributed by atoms with van der Waals surface area (Å²) in [6.07, 6.45) is 1.68. The zero-order valence-electron chi connectivity index (χ0n) is 11.4. The van der Waals surface area contributed by atoms with Crippen molar-refractivity contribution >= 4 is 32.1 Å². The van der Waals surface area contributed by atoms with Gasteiger partial charge in [0.25, 0.3) is 10.0 Å². The number of aliphatic hydroxyl groups excluding tert-OH is 1. The van der Waals surface area contributed by atoms with E-state index in [1.165, 1.54) is 15.6 Å². The van der Waals surface area contributed by atoms with Crippen LogP contribution in [0.15, 0.2) is 16.6 Å². The standard InChI is InChI=1S/C11H16N4O4S2/c1-12-9-10(14-3-5-20-11(14)13-9)21(17,18)15-2-4-19-7-8(15)6-16/h3,5,8,12,16H,2,4,6-7H2,1H3. The molecule has 8 nitrogen and oxygen atoms in total. The highest BCUT2D eigenvalue weighted by Crippen LogP contribution is 2.29. The van der Waals surface area contributed by atoms with Gasteiger partial charge in [0, 0.05) is 25.2 Å². The first-order valence-corrected chi connectivity index (χ1v) is 8.75. The fourth-order valence-electron chi connectivity index (χ4n) is 2.39. The number of aliphatic hydroxyl groups is 1. The van der Waals surface area contributed by atoms with E-state index in [0.717, 1.165) is 0 Å². The zero-order chi connectivity index (χ0) is 15.0. The third-order valence-corrected chi connectivity index (χ3v) is 6.13. The minimum atomic E-state index is -3.78. The molecule has 0 radical (unpaired) electrons. The fraction of sp³-hybridized carbons (Fsp3) is 0.545. The molecule has 1 fully saturated rings. The Morgan fingerprint density at radius 2 is 2.43 bits per heavy atom. The van der Waals surface area contributed by atoms with E-state index in [4.69, 9.17) is 4.74 Å². The van der Waals surface area contributed by atoms with Crippen molar-refractivity contribution in [2.24, 2.45) is 0 Å². The van der Waals surface area contributed by atoms with Crippen LogP contribution in [0.1, 0.15) is 0 Å². The van der Waals surface area contributed by atoms with E-state index < -0.39 is 16.1 Å². The maximum atomic E-state index is 13.0. The molecule has 0 aromatic carbocycles. The Kier molecular flexibility index (Phi) is 3.88. The number of rotatable bonds is 4. The lowest BCUT2D eigenvalue weighted by Crippen LogP contribution is -2.50. The van der Waals surface area contributed by atoms with Gasteiger partial charge in [-0.25, -0.2) is 13.4 Å². The van der Waals surface area contributed by atoms with Crippen molar-refractivity contribution in [2.75, 3.05) is 38.7 Å². The first-order valence-electron chi connectivity index (χ1n) is 6.43. The average Bonchev–Trinajstić information content (AvgIpc) is 3.06. The van der Waals surface area contributed by atoms with Crippen LogP contribution in [0.3, 0.4) is 0 Å². The Morgan fingerprint density at radius 1 is 1.62 bits per heavy atom. The van der Waals surface area contributed by atoms with E-state index in [1.807, 2.05) is 0 Å². The maximum Gasteiger partial charge on any atom is 0.263 e. The topological polar surface area (TPSA) is 96.2 Å². The molecule has 2 N–H and O–H groups in total. The molecule has 10 heteroatoms. The lowest BCUT2D eigenvalue weighted by atomic mass is 10.3. The third-order valence-electron chi connectivity index (χ3n) is 3.39. The van der Waals surface area contributed by atoms with E-state index in [-0.39, 0.29) is 24.8 Å². The molecule has 3 rings (SSSR count). The van der Waals surface area contributed by atoms with Crippen LogP contribution in [0.5, 0.6) is 0 Å². The lowest BCUT2D eigenvalue weighted by Gasteiger charge is -2.33. The number of hydrogen-bond donors (Lipinski definition) is 2. The molecular formula is C11H16N4O4S2.